The molecule has 2 aromatic heterocycles. The molecule has 0 saturated carbocycles. The number of aromatic amines is 1. The van der Waals surface area contributed by atoms with E-state index >= 15 is 4.39 Å². The Morgan fingerprint density at radius 1 is 1.26 bits per heavy atom. The number of nitrogens with zero attached hydrogens (tertiary/aromatic N) is 4. The maximum atomic E-state index is 15.2. The fraction of sp³-hybridized carbons (Fsp3) is 0.480. The van der Waals surface area contributed by atoms with Gasteiger partial charge in [0.1, 0.15) is 17.0 Å². The normalized spacial score (nSPS) is 21.8. The first-order valence-electron chi connectivity index (χ1n) is 12.5. The van der Waals surface area contributed by atoms with E-state index in [4.69, 9.17) is 0 Å². The van der Waals surface area contributed by atoms with Crippen molar-refractivity contribution in [3.05, 3.63) is 45.9 Å². The maximum Gasteiger partial charge on any atom is 0.277 e. The second-order valence-corrected chi connectivity index (χ2v) is 9.84. The number of aliphatic hydroxyl groups excluding tert-OH is 1. The Morgan fingerprint density at radius 3 is 2.82 bits per heavy atom. The number of hydrogen-bond donors (Lipinski definition) is 4. The highest BCUT2D eigenvalue weighted by Crippen LogP contribution is 2.35. The minimum atomic E-state index is -2.55. The highest BCUT2D eigenvalue weighted by molar-refractivity contribution is 5.84. The molecule has 1 saturated heterocycles. The number of alkyl halides is 2. The molecule has 0 spiro atoms. The van der Waals surface area contributed by atoms with Crippen LogP contribution in [-0.4, -0.2) is 82.1 Å². The van der Waals surface area contributed by atoms with Crippen molar-refractivity contribution in [2.75, 3.05) is 38.1 Å². The molecule has 0 amide bonds. The van der Waals surface area contributed by atoms with Gasteiger partial charge >= 0.3 is 0 Å². The second-order valence-electron chi connectivity index (χ2n) is 9.84. The largest absolute Gasteiger partial charge is 0.395 e. The molecule has 3 aromatic rings. The topological polar surface area (TPSA) is 110 Å². The highest BCUT2D eigenvalue weighted by Gasteiger charge is 2.27. The number of hydrogen-bond acceptors (Lipinski definition) is 7. The van der Waals surface area contributed by atoms with Gasteiger partial charge in [-0.2, -0.15) is 0 Å². The molecule has 3 atom stereocenters. The number of H-pyrrole nitrogens is 1. The van der Waals surface area contributed by atoms with E-state index < -0.39 is 36.2 Å². The van der Waals surface area contributed by atoms with Gasteiger partial charge in [0.05, 0.1) is 24.9 Å². The number of aliphatic hydroxyl groups is 1. The quantitative estimate of drug-likeness (QED) is 0.330. The average molecular weight is 536 g/mol. The van der Waals surface area contributed by atoms with Crippen LogP contribution in [0.2, 0.25) is 0 Å². The van der Waals surface area contributed by atoms with E-state index in [9.17, 15) is 23.1 Å². The summed E-state index contributed by atoms with van der Waals surface area (Å²) in [5, 5.41) is 19.4. The first-order chi connectivity index (χ1) is 18.2. The molecule has 2 aliphatic rings. The van der Waals surface area contributed by atoms with Crippen LogP contribution in [0.4, 0.5) is 29.2 Å². The number of aliphatic imine (C=N–C) groups is 1. The van der Waals surface area contributed by atoms with Gasteiger partial charge in [0, 0.05) is 37.9 Å². The van der Waals surface area contributed by atoms with Gasteiger partial charge in [-0.05, 0) is 42.0 Å². The van der Waals surface area contributed by atoms with Crippen molar-refractivity contribution in [3.63, 3.8) is 0 Å². The van der Waals surface area contributed by atoms with E-state index in [1.807, 2.05) is 0 Å². The number of benzene rings is 1. The van der Waals surface area contributed by atoms with Crippen molar-refractivity contribution in [1.82, 2.24) is 24.8 Å². The molecule has 0 radical (unpaired) electrons. The number of piperidine rings is 1. The Hall–Kier alpha value is -3.29. The molecule has 4 heterocycles. The summed E-state index contributed by atoms with van der Waals surface area (Å²) in [6, 6.07) is 2.12. The third-order valence-corrected chi connectivity index (χ3v) is 7.11. The average Bonchev–Trinajstić information content (AvgIpc) is 3.20. The molecular formula is C25H29F4N7O2. The number of nitrogens with one attached hydrogen (secondary N) is 3. The van der Waals surface area contributed by atoms with Gasteiger partial charge in [-0.25, -0.2) is 22.1 Å². The van der Waals surface area contributed by atoms with Gasteiger partial charge < -0.3 is 20.6 Å². The summed E-state index contributed by atoms with van der Waals surface area (Å²) in [7, 11) is 0. The SMILES string of the molecule is C[C@@H]1CN(CCO)CC[C@@H]1Nc1nn2cc(F)c(-c3cc(F)c4c(c3)CC(NCC(F)F)C=N4)c2c(=O)[nH]1. The molecule has 204 valence electrons. The van der Waals surface area contributed by atoms with Gasteiger partial charge in [0.2, 0.25) is 5.95 Å². The zero-order chi connectivity index (χ0) is 27.0. The molecule has 1 unspecified atom stereocenters. The lowest BCUT2D eigenvalue weighted by atomic mass is 9.94. The van der Waals surface area contributed by atoms with Crippen LogP contribution in [0.1, 0.15) is 18.9 Å². The lowest BCUT2D eigenvalue weighted by molar-refractivity contribution is 0.138. The summed E-state index contributed by atoms with van der Waals surface area (Å²) in [5.41, 5.74) is -0.180. The molecule has 5 rings (SSSR count). The molecule has 0 aliphatic carbocycles. The van der Waals surface area contributed by atoms with Crippen molar-refractivity contribution in [1.29, 1.82) is 0 Å². The number of anilines is 1. The molecule has 9 nitrogen and oxygen atoms in total. The molecule has 1 fully saturated rings. The van der Waals surface area contributed by atoms with Crippen molar-refractivity contribution >= 4 is 23.4 Å². The highest BCUT2D eigenvalue weighted by atomic mass is 19.3. The fourth-order valence-electron chi connectivity index (χ4n) is 5.29. The van der Waals surface area contributed by atoms with Crippen LogP contribution >= 0.6 is 0 Å². The van der Waals surface area contributed by atoms with Crippen molar-refractivity contribution in [3.8, 4) is 11.1 Å². The van der Waals surface area contributed by atoms with Gasteiger partial charge in [0.15, 0.2) is 5.82 Å². The third-order valence-electron chi connectivity index (χ3n) is 7.11. The Kier molecular flexibility index (Phi) is 7.50. The number of aromatic nitrogens is 3. The van der Waals surface area contributed by atoms with E-state index in [-0.39, 0.29) is 53.3 Å². The number of rotatable bonds is 8. The molecule has 4 N–H and O–H groups in total. The monoisotopic (exact) mass is 535 g/mol. The first kappa shape index (κ1) is 26.3. The number of fused-ring (bicyclic) bond motifs is 2. The van der Waals surface area contributed by atoms with Crippen LogP contribution < -0.4 is 16.2 Å². The lowest BCUT2D eigenvalue weighted by Crippen LogP contribution is -2.46. The Morgan fingerprint density at radius 2 is 2.08 bits per heavy atom. The second kappa shape index (κ2) is 10.8. The summed E-state index contributed by atoms with van der Waals surface area (Å²) >= 11 is 0. The van der Waals surface area contributed by atoms with E-state index in [0.717, 1.165) is 36.3 Å². The van der Waals surface area contributed by atoms with Crippen molar-refractivity contribution in [2.24, 2.45) is 10.9 Å². The van der Waals surface area contributed by atoms with E-state index in [0.29, 0.717) is 12.1 Å². The maximum absolute atomic E-state index is 15.2. The minimum Gasteiger partial charge on any atom is -0.395 e. The fourth-order valence-corrected chi connectivity index (χ4v) is 5.29. The summed E-state index contributed by atoms with van der Waals surface area (Å²) in [6.07, 6.45) is 0.860. The third kappa shape index (κ3) is 5.31. The van der Waals surface area contributed by atoms with Crippen LogP contribution in [0.25, 0.3) is 16.6 Å². The van der Waals surface area contributed by atoms with Gasteiger partial charge in [-0.3, -0.25) is 14.8 Å². The van der Waals surface area contributed by atoms with Crippen LogP contribution in [0, 0.1) is 17.6 Å². The molecular weight excluding hydrogens is 506 g/mol. The van der Waals surface area contributed by atoms with Crippen LogP contribution in [0.3, 0.4) is 0 Å². The minimum absolute atomic E-state index is 0.0207. The zero-order valence-corrected chi connectivity index (χ0v) is 20.7. The smallest absolute Gasteiger partial charge is 0.277 e. The molecule has 38 heavy (non-hydrogen) atoms. The van der Waals surface area contributed by atoms with Crippen LogP contribution in [0.15, 0.2) is 28.1 Å². The Bertz CT molecular complexity index is 1410. The molecule has 1 aromatic carbocycles. The Balaban J connectivity index is 1.42. The standard InChI is InChI=1S/C25H29F4N7O2/c1-13-11-35(4-5-37)3-2-19(13)32-25-33-24(38)23-21(18(27)12-36(23)34-25)14-6-15-7-16(30-10-20(28)29)9-31-22(15)17(26)8-14/h6,8-9,12-13,16,19-20,30,37H,2-5,7,10-11H2,1H3,(H2,32,33,34,38)/t13-,16?,19+/m1/s1. The van der Waals surface area contributed by atoms with E-state index in [2.05, 4.69) is 37.5 Å². The molecule has 2 aliphatic heterocycles. The Labute approximate surface area is 215 Å². The summed E-state index contributed by atoms with van der Waals surface area (Å²) in [5.74, 6) is -1.05. The zero-order valence-electron chi connectivity index (χ0n) is 20.7. The van der Waals surface area contributed by atoms with Gasteiger partial charge in [-0.15, -0.1) is 5.10 Å². The molecule has 13 heteroatoms. The number of β-amino-alcohol motifs (C(OH)–C–C–N with tert-alkyl or cyclic N) is 1. The number of halogens is 4. The van der Waals surface area contributed by atoms with E-state index in [1.165, 1.54) is 12.3 Å². The summed E-state index contributed by atoms with van der Waals surface area (Å²) in [4.78, 5) is 22.0. The number of likely N-dealkylation sites (tertiary alicyclic amines) is 1. The summed E-state index contributed by atoms with van der Waals surface area (Å²) < 4.78 is 56.4. The predicted octanol–water partition coefficient (Wildman–Crippen LogP) is 2.56. The van der Waals surface area contributed by atoms with Crippen molar-refractivity contribution < 1.29 is 22.7 Å². The molecule has 0 bridgehead atoms. The van der Waals surface area contributed by atoms with Gasteiger partial charge in [-0.1, -0.05) is 6.92 Å². The first-order valence-corrected chi connectivity index (χ1v) is 12.5. The van der Waals surface area contributed by atoms with E-state index in [1.54, 1.807) is 0 Å². The summed E-state index contributed by atoms with van der Waals surface area (Å²) in [6.45, 7) is 3.78. The van der Waals surface area contributed by atoms with Crippen molar-refractivity contribution in [2.45, 2.75) is 38.3 Å². The lowest BCUT2D eigenvalue weighted by Gasteiger charge is -2.37. The van der Waals surface area contributed by atoms with Crippen LogP contribution in [0.5, 0.6) is 0 Å². The predicted molar refractivity (Wildman–Crippen MR) is 136 cm³/mol. The van der Waals surface area contributed by atoms with Gasteiger partial charge in [0.25, 0.3) is 12.0 Å². The van der Waals surface area contributed by atoms with Crippen LogP contribution in [-0.2, 0) is 6.42 Å².